The highest BCUT2D eigenvalue weighted by Crippen LogP contribution is 2.13. The first-order valence-electron chi connectivity index (χ1n) is 8.70. The van der Waals surface area contributed by atoms with E-state index in [0.717, 1.165) is 6.42 Å². The first kappa shape index (κ1) is 21.5. The lowest BCUT2D eigenvalue weighted by Gasteiger charge is -2.21. The van der Waals surface area contributed by atoms with Crippen LogP contribution in [0.5, 0.6) is 5.75 Å². The molecule has 144 valence electrons. The van der Waals surface area contributed by atoms with Crippen LogP contribution in [0, 0.1) is 5.92 Å². The Balaban J connectivity index is 2.54. The molecule has 0 unspecified atom stereocenters. The summed E-state index contributed by atoms with van der Waals surface area (Å²) in [7, 11) is 1.26. The van der Waals surface area contributed by atoms with Gasteiger partial charge in [0.25, 0.3) is 5.91 Å². The predicted molar refractivity (Wildman–Crippen MR) is 95.9 cm³/mol. The van der Waals surface area contributed by atoms with E-state index in [1.807, 2.05) is 20.8 Å². The largest absolute Gasteiger partial charge is 0.494 e. The molecule has 0 saturated heterocycles. The van der Waals surface area contributed by atoms with E-state index < -0.39 is 30.5 Å². The van der Waals surface area contributed by atoms with Crippen molar-refractivity contribution in [1.29, 1.82) is 0 Å². The molecule has 7 heteroatoms. The molecule has 0 spiro atoms. The number of amides is 1. The summed E-state index contributed by atoms with van der Waals surface area (Å²) in [5.41, 5.74) is 0.313. The molecule has 0 fully saturated rings. The molecule has 1 rings (SSSR count). The smallest absolute Gasteiger partial charge is 0.338 e. The van der Waals surface area contributed by atoms with E-state index in [2.05, 4.69) is 5.32 Å². The Kier molecular flexibility index (Phi) is 9.19. The first-order chi connectivity index (χ1) is 12.4. The van der Waals surface area contributed by atoms with Gasteiger partial charge in [0.15, 0.2) is 6.61 Å². The average molecular weight is 365 g/mol. The highest BCUT2D eigenvalue weighted by atomic mass is 16.5. The van der Waals surface area contributed by atoms with Gasteiger partial charge in [-0.2, -0.15) is 0 Å². The van der Waals surface area contributed by atoms with Crippen molar-refractivity contribution in [3.8, 4) is 5.75 Å². The molecule has 0 aliphatic heterocycles. The van der Waals surface area contributed by atoms with Crippen molar-refractivity contribution < 1.29 is 28.6 Å². The van der Waals surface area contributed by atoms with Crippen LogP contribution in [0.4, 0.5) is 0 Å². The molecule has 1 N–H and O–H groups in total. The number of benzene rings is 1. The van der Waals surface area contributed by atoms with Crippen LogP contribution in [-0.2, 0) is 19.1 Å². The van der Waals surface area contributed by atoms with Crippen molar-refractivity contribution in [2.75, 3.05) is 20.3 Å². The van der Waals surface area contributed by atoms with Crippen LogP contribution >= 0.6 is 0 Å². The third kappa shape index (κ3) is 6.74. The molecule has 0 aromatic heterocycles. The molecule has 0 radical (unpaired) electrons. The standard InChI is InChI=1S/C19H27NO6/c1-5-11-25-15-9-7-14(8-10-15)18(22)26-12-16(21)20-17(13(3)6-2)19(23)24-4/h7-10,13,17H,5-6,11-12H2,1-4H3,(H,20,21)/t13-,17+/m0/s1. The van der Waals surface area contributed by atoms with E-state index in [4.69, 9.17) is 14.2 Å². The summed E-state index contributed by atoms with van der Waals surface area (Å²) in [4.78, 5) is 35.7. The molecular formula is C19H27NO6. The third-order valence-corrected chi connectivity index (χ3v) is 3.88. The van der Waals surface area contributed by atoms with Gasteiger partial charge in [0.2, 0.25) is 0 Å². The molecule has 0 bridgehead atoms. The van der Waals surface area contributed by atoms with E-state index >= 15 is 0 Å². The van der Waals surface area contributed by atoms with Crippen molar-refractivity contribution in [3.63, 3.8) is 0 Å². The molecule has 2 atom stereocenters. The Morgan fingerprint density at radius 3 is 2.31 bits per heavy atom. The van der Waals surface area contributed by atoms with Crippen molar-refractivity contribution in [3.05, 3.63) is 29.8 Å². The summed E-state index contributed by atoms with van der Waals surface area (Å²) in [6.45, 7) is 5.86. The van der Waals surface area contributed by atoms with Crippen LogP contribution in [-0.4, -0.2) is 44.2 Å². The minimum absolute atomic E-state index is 0.0993. The van der Waals surface area contributed by atoms with Gasteiger partial charge in [-0.25, -0.2) is 9.59 Å². The maximum atomic E-state index is 12.0. The number of carbonyl (C=O) groups is 3. The molecule has 1 aromatic carbocycles. The minimum Gasteiger partial charge on any atom is -0.494 e. The number of hydrogen-bond acceptors (Lipinski definition) is 6. The summed E-state index contributed by atoms with van der Waals surface area (Å²) in [6.07, 6.45) is 1.58. The molecule has 1 amide bonds. The SMILES string of the molecule is CCCOc1ccc(C(=O)OCC(=O)N[C@@H](C(=O)OC)[C@@H](C)CC)cc1. The lowest BCUT2D eigenvalue weighted by atomic mass is 9.99. The fourth-order valence-corrected chi connectivity index (χ4v) is 2.13. The Morgan fingerprint density at radius 2 is 1.77 bits per heavy atom. The zero-order valence-corrected chi connectivity index (χ0v) is 15.7. The predicted octanol–water partition coefficient (Wildman–Crippen LogP) is 2.34. The molecule has 7 nitrogen and oxygen atoms in total. The maximum Gasteiger partial charge on any atom is 0.338 e. The second kappa shape index (κ2) is 11.1. The van der Waals surface area contributed by atoms with Crippen LogP contribution in [0.25, 0.3) is 0 Å². The summed E-state index contributed by atoms with van der Waals surface area (Å²) < 4.78 is 15.1. The van der Waals surface area contributed by atoms with Gasteiger partial charge in [-0.3, -0.25) is 4.79 Å². The quantitative estimate of drug-likeness (QED) is 0.640. The fraction of sp³-hybridized carbons (Fsp3) is 0.526. The number of rotatable bonds is 10. The normalized spacial score (nSPS) is 12.6. The van der Waals surface area contributed by atoms with Crippen molar-refractivity contribution in [2.24, 2.45) is 5.92 Å². The minimum atomic E-state index is -0.772. The van der Waals surface area contributed by atoms with Gasteiger partial charge < -0.3 is 19.5 Å². The van der Waals surface area contributed by atoms with E-state index in [0.29, 0.717) is 24.3 Å². The molecule has 0 heterocycles. The zero-order chi connectivity index (χ0) is 19.5. The number of ether oxygens (including phenoxy) is 3. The van der Waals surface area contributed by atoms with Gasteiger partial charge in [0, 0.05) is 0 Å². The molecule has 0 aliphatic rings. The van der Waals surface area contributed by atoms with E-state index in [9.17, 15) is 14.4 Å². The molecular weight excluding hydrogens is 338 g/mol. The summed E-state index contributed by atoms with van der Waals surface area (Å²) in [6, 6.07) is 5.71. The highest BCUT2D eigenvalue weighted by Gasteiger charge is 2.27. The Bertz CT molecular complexity index is 599. The Hall–Kier alpha value is -2.57. The molecule has 26 heavy (non-hydrogen) atoms. The topological polar surface area (TPSA) is 90.9 Å². The summed E-state index contributed by atoms with van der Waals surface area (Å²) in [5, 5.41) is 2.55. The van der Waals surface area contributed by atoms with E-state index in [1.54, 1.807) is 24.3 Å². The molecule has 0 saturated carbocycles. The average Bonchev–Trinajstić information content (AvgIpc) is 2.67. The maximum absolute atomic E-state index is 12.0. The monoisotopic (exact) mass is 365 g/mol. The van der Waals surface area contributed by atoms with Crippen LogP contribution in [0.3, 0.4) is 0 Å². The van der Waals surface area contributed by atoms with Gasteiger partial charge in [-0.15, -0.1) is 0 Å². The van der Waals surface area contributed by atoms with Gasteiger partial charge in [-0.1, -0.05) is 27.2 Å². The van der Waals surface area contributed by atoms with Crippen molar-refractivity contribution >= 4 is 17.8 Å². The van der Waals surface area contributed by atoms with Gasteiger partial charge >= 0.3 is 11.9 Å². The van der Waals surface area contributed by atoms with Gasteiger partial charge in [-0.05, 0) is 36.6 Å². The zero-order valence-electron chi connectivity index (χ0n) is 15.7. The molecule has 0 aliphatic carbocycles. The Morgan fingerprint density at radius 1 is 1.12 bits per heavy atom. The second-order valence-electron chi connectivity index (χ2n) is 5.90. The highest BCUT2D eigenvalue weighted by molar-refractivity contribution is 5.92. The van der Waals surface area contributed by atoms with E-state index in [-0.39, 0.29) is 5.92 Å². The number of methoxy groups -OCH3 is 1. The van der Waals surface area contributed by atoms with Gasteiger partial charge in [0.1, 0.15) is 11.8 Å². The number of carbonyl (C=O) groups excluding carboxylic acids is 3. The number of esters is 2. The lowest BCUT2D eigenvalue weighted by Crippen LogP contribution is -2.47. The third-order valence-electron chi connectivity index (χ3n) is 3.88. The number of hydrogen-bond donors (Lipinski definition) is 1. The lowest BCUT2D eigenvalue weighted by molar-refractivity contribution is -0.147. The number of nitrogens with one attached hydrogen (secondary N) is 1. The van der Waals surface area contributed by atoms with Crippen LogP contribution in [0.2, 0.25) is 0 Å². The van der Waals surface area contributed by atoms with Crippen LogP contribution in [0.1, 0.15) is 44.0 Å². The molecule has 1 aromatic rings. The second-order valence-corrected chi connectivity index (χ2v) is 5.90. The first-order valence-corrected chi connectivity index (χ1v) is 8.70. The van der Waals surface area contributed by atoms with Crippen molar-refractivity contribution in [2.45, 2.75) is 39.7 Å². The van der Waals surface area contributed by atoms with Gasteiger partial charge in [0.05, 0.1) is 19.3 Å². The Labute approximate surface area is 154 Å². The van der Waals surface area contributed by atoms with Crippen LogP contribution < -0.4 is 10.1 Å². The fourth-order valence-electron chi connectivity index (χ4n) is 2.13. The summed E-state index contributed by atoms with van der Waals surface area (Å²) in [5.74, 6) is -1.15. The van der Waals surface area contributed by atoms with E-state index in [1.165, 1.54) is 7.11 Å². The van der Waals surface area contributed by atoms with Crippen molar-refractivity contribution in [1.82, 2.24) is 5.32 Å². The summed E-state index contributed by atoms with van der Waals surface area (Å²) >= 11 is 0. The van der Waals surface area contributed by atoms with Crippen LogP contribution in [0.15, 0.2) is 24.3 Å².